The van der Waals surface area contributed by atoms with Gasteiger partial charge in [-0.2, -0.15) is 0 Å². The van der Waals surface area contributed by atoms with E-state index in [1.54, 1.807) is 0 Å². The van der Waals surface area contributed by atoms with Crippen LogP contribution in [0.3, 0.4) is 0 Å². The van der Waals surface area contributed by atoms with Crippen molar-refractivity contribution in [3.8, 4) is 0 Å². The fraction of sp³-hybridized carbons (Fsp3) is 1.00. The van der Waals surface area contributed by atoms with E-state index >= 15 is 0 Å². The van der Waals surface area contributed by atoms with Crippen LogP contribution < -0.4 is 5.73 Å². The maximum atomic E-state index is 6.00. The molecule has 2 rings (SSSR count). The average molecular weight is 181 g/mol. The van der Waals surface area contributed by atoms with E-state index in [1.807, 2.05) is 0 Å². The molecule has 0 aromatic heterocycles. The summed E-state index contributed by atoms with van der Waals surface area (Å²) in [5.41, 5.74) is 6.56. The summed E-state index contributed by atoms with van der Waals surface area (Å²) in [4.78, 5) is 0. The number of rotatable bonds is 4. The van der Waals surface area contributed by atoms with Crippen molar-refractivity contribution >= 4 is 0 Å². The molecule has 76 valence electrons. The minimum absolute atomic E-state index is 0.553. The second-order valence-electron chi connectivity index (χ2n) is 5.24. The van der Waals surface area contributed by atoms with Crippen LogP contribution in [0.2, 0.25) is 0 Å². The molecule has 13 heavy (non-hydrogen) atoms. The molecule has 0 radical (unpaired) electrons. The highest BCUT2D eigenvalue weighted by Gasteiger charge is 2.54. The first kappa shape index (κ1) is 9.51. The molecule has 0 saturated heterocycles. The molecule has 0 aromatic carbocycles. The molecular formula is C12H23N. The van der Waals surface area contributed by atoms with Gasteiger partial charge >= 0.3 is 0 Å². The van der Waals surface area contributed by atoms with E-state index in [9.17, 15) is 0 Å². The lowest BCUT2D eigenvalue weighted by Crippen LogP contribution is -2.36. The van der Waals surface area contributed by atoms with Crippen molar-refractivity contribution in [1.29, 1.82) is 0 Å². The molecule has 1 heteroatoms. The molecule has 2 aliphatic rings. The molecule has 2 fully saturated rings. The van der Waals surface area contributed by atoms with E-state index < -0.39 is 0 Å². The lowest BCUT2D eigenvalue weighted by Gasteiger charge is -2.37. The Kier molecular flexibility index (Phi) is 2.39. The van der Waals surface area contributed by atoms with Gasteiger partial charge in [0.05, 0.1) is 0 Å². The zero-order chi connectivity index (χ0) is 9.47. The molecular weight excluding hydrogens is 158 g/mol. The Bertz CT molecular complexity index is 174. The van der Waals surface area contributed by atoms with E-state index in [4.69, 9.17) is 5.73 Å². The van der Waals surface area contributed by atoms with Crippen molar-refractivity contribution in [3.05, 3.63) is 0 Å². The largest absolute Gasteiger partial charge is 0.330 e. The quantitative estimate of drug-likeness (QED) is 0.709. The van der Waals surface area contributed by atoms with E-state index in [0.717, 1.165) is 24.3 Å². The highest BCUT2D eigenvalue weighted by molar-refractivity contribution is 5.05. The Morgan fingerprint density at radius 3 is 2.15 bits per heavy atom. The normalized spacial score (nSPS) is 42.5. The van der Waals surface area contributed by atoms with Gasteiger partial charge in [-0.05, 0) is 49.0 Å². The van der Waals surface area contributed by atoms with Crippen LogP contribution in [0.25, 0.3) is 0 Å². The highest BCUT2D eigenvalue weighted by Crippen LogP contribution is 2.62. The van der Waals surface area contributed by atoms with Gasteiger partial charge in [-0.25, -0.2) is 0 Å². The van der Waals surface area contributed by atoms with Crippen LogP contribution in [-0.2, 0) is 0 Å². The van der Waals surface area contributed by atoms with Crippen LogP contribution in [-0.4, -0.2) is 6.54 Å². The smallest absolute Gasteiger partial charge is 0.00177 e. The Morgan fingerprint density at radius 2 is 1.77 bits per heavy atom. The molecule has 2 atom stereocenters. The van der Waals surface area contributed by atoms with Gasteiger partial charge in [-0.3, -0.25) is 0 Å². The van der Waals surface area contributed by atoms with Gasteiger partial charge in [0.2, 0.25) is 0 Å². The fourth-order valence-corrected chi connectivity index (χ4v) is 3.76. The maximum absolute atomic E-state index is 6.00. The molecule has 0 aromatic rings. The first-order valence-corrected chi connectivity index (χ1v) is 5.95. The summed E-state index contributed by atoms with van der Waals surface area (Å²) in [5.74, 6) is 3.04. The van der Waals surface area contributed by atoms with E-state index in [0.29, 0.717) is 5.41 Å². The van der Waals surface area contributed by atoms with Gasteiger partial charge < -0.3 is 5.73 Å². The Balaban J connectivity index is 2.06. The number of nitrogens with two attached hydrogens (primary N) is 1. The summed E-state index contributed by atoms with van der Waals surface area (Å²) in [6.07, 6.45) is 7.06. The fourth-order valence-electron chi connectivity index (χ4n) is 3.76. The van der Waals surface area contributed by atoms with Crippen molar-refractivity contribution in [2.45, 2.75) is 46.0 Å². The number of hydrogen-bond acceptors (Lipinski definition) is 1. The number of fused-ring (bicyclic) bond motifs is 1. The van der Waals surface area contributed by atoms with Crippen LogP contribution >= 0.6 is 0 Å². The summed E-state index contributed by atoms with van der Waals surface area (Å²) < 4.78 is 0. The number of hydrogen-bond donors (Lipinski definition) is 1. The predicted molar refractivity (Wildman–Crippen MR) is 56.4 cm³/mol. The third-order valence-corrected chi connectivity index (χ3v) is 4.66. The van der Waals surface area contributed by atoms with Gasteiger partial charge in [0.15, 0.2) is 0 Å². The molecule has 2 unspecified atom stereocenters. The third kappa shape index (κ3) is 1.41. The second kappa shape index (κ2) is 3.27. The van der Waals surface area contributed by atoms with Crippen LogP contribution in [0, 0.1) is 23.2 Å². The van der Waals surface area contributed by atoms with Crippen molar-refractivity contribution in [2.75, 3.05) is 6.54 Å². The third-order valence-electron chi connectivity index (χ3n) is 4.66. The van der Waals surface area contributed by atoms with Crippen molar-refractivity contribution in [3.63, 3.8) is 0 Å². The second-order valence-corrected chi connectivity index (χ2v) is 5.24. The van der Waals surface area contributed by atoms with Crippen LogP contribution in [0.15, 0.2) is 0 Å². The summed E-state index contributed by atoms with van der Waals surface area (Å²) in [6, 6.07) is 0. The average Bonchev–Trinajstić information content (AvgIpc) is 2.77. The van der Waals surface area contributed by atoms with Crippen molar-refractivity contribution in [2.24, 2.45) is 28.9 Å². The summed E-state index contributed by atoms with van der Waals surface area (Å²) in [5, 5.41) is 0. The highest BCUT2D eigenvalue weighted by atomic mass is 14.7. The van der Waals surface area contributed by atoms with Crippen LogP contribution in [0.5, 0.6) is 0 Å². The zero-order valence-electron chi connectivity index (χ0n) is 9.05. The minimum Gasteiger partial charge on any atom is -0.330 e. The molecule has 0 spiro atoms. The Labute approximate surface area is 82.1 Å². The lowest BCUT2D eigenvalue weighted by atomic mass is 9.69. The first-order chi connectivity index (χ1) is 6.25. The van der Waals surface area contributed by atoms with Gasteiger partial charge in [0, 0.05) is 0 Å². The standard InChI is InChI=1S/C12H23N/c1-3-11(4-2)12(8-13)6-9-5-10(9)7-12/h9-11H,3-8,13H2,1-2H3. The maximum Gasteiger partial charge on any atom is -0.00177 e. The van der Waals surface area contributed by atoms with Gasteiger partial charge in [0.25, 0.3) is 0 Å². The van der Waals surface area contributed by atoms with Gasteiger partial charge in [-0.1, -0.05) is 26.7 Å². The molecule has 0 amide bonds. The van der Waals surface area contributed by atoms with Gasteiger partial charge in [0.1, 0.15) is 0 Å². The Morgan fingerprint density at radius 1 is 1.23 bits per heavy atom. The molecule has 0 heterocycles. The first-order valence-electron chi connectivity index (χ1n) is 5.95. The van der Waals surface area contributed by atoms with E-state index in [-0.39, 0.29) is 0 Å². The molecule has 1 nitrogen and oxygen atoms in total. The summed E-state index contributed by atoms with van der Waals surface area (Å²) >= 11 is 0. The van der Waals surface area contributed by atoms with Crippen LogP contribution in [0.1, 0.15) is 46.0 Å². The molecule has 0 aliphatic heterocycles. The SMILES string of the molecule is CCC(CC)C1(CN)CC2CC2C1. The summed E-state index contributed by atoms with van der Waals surface area (Å²) in [6.45, 7) is 5.59. The minimum atomic E-state index is 0.553. The molecule has 2 aliphatic carbocycles. The Hall–Kier alpha value is -0.0400. The lowest BCUT2D eigenvalue weighted by molar-refractivity contribution is 0.145. The monoisotopic (exact) mass is 181 g/mol. The zero-order valence-corrected chi connectivity index (χ0v) is 9.05. The topological polar surface area (TPSA) is 26.0 Å². The van der Waals surface area contributed by atoms with E-state index in [2.05, 4.69) is 13.8 Å². The van der Waals surface area contributed by atoms with Crippen molar-refractivity contribution in [1.82, 2.24) is 0 Å². The molecule has 0 bridgehead atoms. The summed E-state index contributed by atoms with van der Waals surface area (Å²) in [7, 11) is 0. The van der Waals surface area contributed by atoms with E-state index in [1.165, 1.54) is 32.1 Å². The van der Waals surface area contributed by atoms with Crippen LogP contribution in [0.4, 0.5) is 0 Å². The molecule has 2 N–H and O–H groups in total. The predicted octanol–water partition coefficient (Wildman–Crippen LogP) is 2.80. The molecule has 2 saturated carbocycles. The van der Waals surface area contributed by atoms with Crippen molar-refractivity contribution < 1.29 is 0 Å². The van der Waals surface area contributed by atoms with Gasteiger partial charge in [-0.15, -0.1) is 0 Å².